The highest BCUT2D eigenvalue weighted by atomic mass is 16.5. The third-order valence-electron chi connectivity index (χ3n) is 3.78. The van der Waals surface area contributed by atoms with Crippen molar-refractivity contribution in [3.63, 3.8) is 0 Å². The Morgan fingerprint density at radius 3 is 2.89 bits per heavy atom. The van der Waals surface area contributed by atoms with Gasteiger partial charge in [-0.25, -0.2) is 0 Å². The quantitative estimate of drug-likeness (QED) is 0.846. The molecule has 0 aliphatic carbocycles. The summed E-state index contributed by atoms with van der Waals surface area (Å²) >= 11 is 0. The molecule has 0 aromatic heterocycles. The Balaban J connectivity index is 2.15. The molecule has 106 valence electrons. The maximum Gasteiger partial charge on any atom is 0.123 e. The van der Waals surface area contributed by atoms with E-state index in [4.69, 9.17) is 10.5 Å². The maximum atomic E-state index is 5.97. The highest BCUT2D eigenvalue weighted by Crippen LogP contribution is 2.28. The van der Waals surface area contributed by atoms with Gasteiger partial charge in [0.05, 0.1) is 6.61 Å². The summed E-state index contributed by atoms with van der Waals surface area (Å²) in [7, 11) is 4.33. The Labute approximate surface area is 116 Å². The fraction of sp³-hybridized carbons (Fsp3) is 0.600. The second-order valence-corrected chi connectivity index (χ2v) is 5.36. The molecule has 1 unspecified atom stereocenters. The van der Waals surface area contributed by atoms with Crippen LogP contribution in [-0.2, 0) is 0 Å². The van der Waals surface area contributed by atoms with Gasteiger partial charge in [0.2, 0.25) is 0 Å². The number of likely N-dealkylation sites (N-methyl/N-ethyl adjacent to an activating group) is 2. The van der Waals surface area contributed by atoms with Gasteiger partial charge in [-0.15, -0.1) is 0 Å². The van der Waals surface area contributed by atoms with Gasteiger partial charge in [-0.3, -0.25) is 0 Å². The highest BCUT2D eigenvalue weighted by molar-refractivity contribution is 5.60. The number of anilines is 2. The van der Waals surface area contributed by atoms with Crippen LogP contribution in [0.1, 0.15) is 19.8 Å². The Morgan fingerprint density at radius 2 is 2.21 bits per heavy atom. The zero-order valence-electron chi connectivity index (χ0n) is 12.2. The maximum absolute atomic E-state index is 5.97. The molecule has 1 atom stereocenters. The molecule has 4 heteroatoms. The number of benzene rings is 1. The van der Waals surface area contributed by atoms with Crippen LogP contribution >= 0.6 is 0 Å². The summed E-state index contributed by atoms with van der Waals surface area (Å²) in [5, 5.41) is 0. The predicted molar refractivity (Wildman–Crippen MR) is 80.9 cm³/mol. The van der Waals surface area contributed by atoms with Crippen molar-refractivity contribution in [3.8, 4) is 5.75 Å². The Bertz CT molecular complexity index is 422. The summed E-state index contributed by atoms with van der Waals surface area (Å²) in [6.07, 6.45) is 2.49. The van der Waals surface area contributed by atoms with E-state index in [2.05, 4.69) is 30.0 Å². The van der Waals surface area contributed by atoms with E-state index >= 15 is 0 Å². The summed E-state index contributed by atoms with van der Waals surface area (Å²) in [6.45, 7) is 4.96. The largest absolute Gasteiger partial charge is 0.494 e. The minimum absolute atomic E-state index is 0.551. The van der Waals surface area contributed by atoms with E-state index < -0.39 is 0 Å². The van der Waals surface area contributed by atoms with Crippen molar-refractivity contribution in [2.24, 2.45) is 0 Å². The molecule has 1 aromatic carbocycles. The molecule has 1 aliphatic heterocycles. The summed E-state index contributed by atoms with van der Waals surface area (Å²) in [5.41, 5.74) is 7.87. The van der Waals surface area contributed by atoms with Gasteiger partial charge < -0.3 is 20.3 Å². The minimum atomic E-state index is 0.551. The van der Waals surface area contributed by atoms with Crippen LogP contribution in [0.4, 0.5) is 11.4 Å². The molecule has 1 fully saturated rings. The summed E-state index contributed by atoms with van der Waals surface area (Å²) in [5.74, 6) is 0.855. The molecule has 2 N–H and O–H groups in total. The molecule has 1 heterocycles. The zero-order valence-corrected chi connectivity index (χ0v) is 12.2. The molecule has 2 rings (SSSR count). The fourth-order valence-corrected chi connectivity index (χ4v) is 2.73. The predicted octanol–water partition coefficient (Wildman–Crippen LogP) is 2.20. The molecule has 19 heavy (non-hydrogen) atoms. The van der Waals surface area contributed by atoms with Crippen LogP contribution in [0.3, 0.4) is 0 Å². The van der Waals surface area contributed by atoms with Crippen molar-refractivity contribution in [2.75, 3.05) is 44.4 Å². The van der Waals surface area contributed by atoms with Gasteiger partial charge in [-0.05, 0) is 39.4 Å². The van der Waals surface area contributed by atoms with Gasteiger partial charge >= 0.3 is 0 Å². The number of likely N-dealkylation sites (tertiary alicyclic amines) is 1. The van der Waals surface area contributed by atoms with Crippen molar-refractivity contribution in [1.29, 1.82) is 0 Å². The third-order valence-corrected chi connectivity index (χ3v) is 3.78. The van der Waals surface area contributed by atoms with Crippen molar-refractivity contribution in [2.45, 2.75) is 25.8 Å². The fourth-order valence-electron chi connectivity index (χ4n) is 2.73. The number of rotatable bonds is 4. The number of nitrogens with zero attached hydrogens (tertiary/aromatic N) is 2. The first-order valence-corrected chi connectivity index (χ1v) is 7.05. The molecule has 1 aromatic rings. The summed E-state index contributed by atoms with van der Waals surface area (Å²) < 4.78 is 5.57. The number of piperidine rings is 1. The van der Waals surface area contributed by atoms with E-state index in [1.54, 1.807) is 0 Å². The van der Waals surface area contributed by atoms with Crippen LogP contribution < -0.4 is 15.4 Å². The average molecular weight is 263 g/mol. The SMILES string of the molecule is CCOc1cc(N)cc(N(C)C2CCCN(C)C2)c1. The molecule has 0 amide bonds. The monoisotopic (exact) mass is 263 g/mol. The van der Waals surface area contributed by atoms with Crippen molar-refractivity contribution < 1.29 is 4.74 Å². The lowest BCUT2D eigenvalue weighted by Gasteiger charge is -2.37. The standard InChI is InChI=1S/C15H25N3O/c1-4-19-15-9-12(16)8-14(10-15)18(3)13-6-5-7-17(2)11-13/h8-10,13H,4-7,11,16H2,1-3H3. The molecule has 1 aliphatic rings. The number of nitrogen functional groups attached to an aromatic ring is 1. The van der Waals surface area contributed by atoms with E-state index in [-0.39, 0.29) is 0 Å². The average Bonchev–Trinajstić information content (AvgIpc) is 2.37. The third kappa shape index (κ3) is 3.53. The van der Waals surface area contributed by atoms with Crippen LogP contribution in [-0.4, -0.2) is 44.7 Å². The normalized spacial score (nSPS) is 20.3. The lowest BCUT2D eigenvalue weighted by atomic mass is 10.0. The molecule has 0 radical (unpaired) electrons. The second kappa shape index (κ2) is 6.15. The summed E-state index contributed by atoms with van der Waals surface area (Å²) in [6, 6.07) is 6.54. The van der Waals surface area contributed by atoms with E-state index in [0.717, 1.165) is 23.7 Å². The second-order valence-electron chi connectivity index (χ2n) is 5.36. The first kappa shape index (κ1) is 14.0. The molecule has 0 spiro atoms. The molecule has 0 bridgehead atoms. The van der Waals surface area contributed by atoms with E-state index in [9.17, 15) is 0 Å². The molecule has 0 saturated carbocycles. The van der Waals surface area contributed by atoms with Crippen LogP contribution in [0.15, 0.2) is 18.2 Å². The molecular formula is C15H25N3O. The number of hydrogen-bond acceptors (Lipinski definition) is 4. The highest BCUT2D eigenvalue weighted by Gasteiger charge is 2.21. The van der Waals surface area contributed by atoms with Crippen molar-refractivity contribution in [1.82, 2.24) is 4.90 Å². The van der Waals surface area contributed by atoms with Gasteiger partial charge in [0.15, 0.2) is 0 Å². The van der Waals surface area contributed by atoms with E-state index in [1.165, 1.54) is 19.4 Å². The number of nitrogens with two attached hydrogens (primary N) is 1. The van der Waals surface area contributed by atoms with Crippen molar-refractivity contribution in [3.05, 3.63) is 18.2 Å². The molecule has 1 saturated heterocycles. The lowest BCUT2D eigenvalue weighted by Crippen LogP contribution is -2.45. The number of hydrogen-bond donors (Lipinski definition) is 1. The lowest BCUT2D eigenvalue weighted by molar-refractivity contribution is 0.248. The Kier molecular flexibility index (Phi) is 4.53. The van der Waals surface area contributed by atoms with Gasteiger partial charge in [0.25, 0.3) is 0 Å². The topological polar surface area (TPSA) is 41.7 Å². The Hall–Kier alpha value is -1.42. The van der Waals surface area contributed by atoms with E-state index in [0.29, 0.717) is 12.6 Å². The van der Waals surface area contributed by atoms with Gasteiger partial charge in [0.1, 0.15) is 5.75 Å². The molecule has 4 nitrogen and oxygen atoms in total. The van der Waals surface area contributed by atoms with Gasteiger partial charge in [-0.2, -0.15) is 0 Å². The van der Waals surface area contributed by atoms with Gasteiger partial charge in [-0.1, -0.05) is 0 Å². The smallest absolute Gasteiger partial charge is 0.123 e. The van der Waals surface area contributed by atoms with Crippen LogP contribution in [0, 0.1) is 0 Å². The number of ether oxygens (including phenoxy) is 1. The Morgan fingerprint density at radius 1 is 1.42 bits per heavy atom. The zero-order chi connectivity index (χ0) is 13.8. The first-order chi connectivity index (χ1) is 9.10. The van der Waals surface area contributed by atoms with Gasteiger partial charge in [0, 0.05) is 43.1 Å². The van der Waals surface area contributed by atoms with Crippen LogP contribution in [0.25, 0.3) is 0 Å². The summed E-state index contributed by atoms with van der Waals surface area (Å²) in [4.78, 5) is 4.72. The van der Waals surface area contributed by atoms with E-state index in [1.807, 2.05) is 19.1 Å². The first-order valence-electron chi connectivity index (χ1n) is 7.05. The van der Waals surface area contributed by atoms with Crippen molar-refractivity contribution >= 4 is 11.4 Å². The molecular weight excluding hydrogens is 238 g/mol. The van der Waals surface area contributed by atoms with Crippen LogP contribution in [0.5, 0.6) is 5.75 Å². The minimum Gasteiger partial charge on any atom is -0.494 e. The van der Waals surface area contributed by atoms with Crippen LogP contribution in [0.2, 0.25) is 0 Å².